The van der Waals surface area contributed by atoms with Gasteiger partial charge in [0.2, 0.25) is 0 Å². The minimum atomic E-state index is -0.394. The maximum absolute atomic E-state index is 12.0. The summed E-state index contributed by atoms with van der Waals surface area (Å²) in [5.41, 5.74) is 1.45. The highest BCUT2D eigenvalue weighted by Crippen LogP contribution is 2.21. The Labute approximate surface area is 129 Å². The van der Waals surface area contributed by atoms with Crippen molar-refractivity contribution in [1.82, 2.24) is 15.2 Å². The first-order valence-corrected chi connectivity index (χ1v) is 7.11. The van der Waals surface area contributed by atoms with Gasteiger partial charge in [-0.05, 0) is 31.2 Å². The average molecular weight is 311 g/mol. The third-order valence-electron chi connectivity index (χ3n) is 2.76. The number of carbonyl (C=O) groups is 1. The number of aryl methyl sites for hydroxylation is 1. The highest BCUT2D eigenvalue weighted by atomic mass is 32.1. The summed E-state index contributed by atoms with van der Waals surface area (Å²) in [6.45, 7) is 1.87. The fourth-order valence-corrected chi connectivity index (χ4v) is 2.29. The van der Waals surface area contributed by atoms with Crippen molar-refractivity contribution in [2.24, 2.45) is 0 Å². The third kappa shape index (κ3) is 2.84. The van der Waals surface area contributed by atoms with Crippen molar-refractivity contribution in [1.29, 1.82) is 5.26 Å². The Kier molecular flexibility index (Phi) is 3.64. The Morgan fingerprint density at radius 2 is 2.09 bits per heavy atom. The molecule has 1 N–H and O–H groups in total. The van der Waals surface area contributed by atoms with E-state index in [4.69, 9.17) is 9.68 Å². The zero-order chi connectivity index (χ0) is 15.5. The topological polar surface area (TPSA) is 105 Å². The van der Waals surface area contributed by atoms with E-state index in [2.05, 4.69) is 20.5 Å². The van der Waals surface area contributed by atoms with Crippen LogP contribution in [0.5, 0.6) is 0 Å². The van der Waals surface area contributed by atoms with Crippen molar-refractivity contribution in [2.75, 3.05) is 5.32 Å². The van der Waals surface area contributed by atoms with Gasteiger partial charge in [0.1, 0.15) is 5.69 Å². The SMILES string of the molecule is Cc1nc(-c2nnc(NC(=O)c3ccc(C#N)cc3)o2)cs1. The lowest BCUT2D eigenvalue weighted by molar-refractivity contribution is 0.102. The highest BCUT2D eigenvalue weighted by Gasteiger charge is 2.14. The van der Waals surface area contributed by atoms with Gasteiger partial charge in [0.05, 0.1) is 16.6 Å². The number of anilines is 1. The Balaban J connectivity index is 1.74. The molecule has 0 fully saturated rings. The molecule has 22 heavy (non-hydrogen) atoms. The van der Waals surface area contributed by atoms with Gasteiger partial charge in [0, 0.05) is 10.9 Å². The van der Waals surface area contributed by atoms with Gasteiger partial charge in [-0.25, -0.2) is 4.98 Å². The van der Waals surface area contributed by atoms with E-state index in [9.17, 15) is 4.79 Å². The van der Waals surface area contributed by atoms with E-state index >= 15 is 0 Å². The van der Waals surface area contributed by atoms with Crippen LogP contribution >= 0.6 is 11.3 Å². The van der Waals surface area contributed by atoms with Crippen molar-refractivity contribution >= 4 is 23.3 Å². The second kappa shape index (κ2) is 5.75. The van der Waals surface area contributed by atoms with Gasteiger partial charge in [0.15, 0.2) is 0 Å². The zero-order valence-electron chi connectivity index (χ0n) is 11.4. The molecule has 3 aromatic rings. The monoisotopic (exact) mass is 311 g/mol. The number of rotatable bonds is 3. The smallest absolute Gasteiger partial charge is 0.322 e. The molecule has 1 amide bonds. The molecule has 8 heteroatoms. The predicted octanol–water partition coefficient (Wildman–Crippen LogP) is 2.63. The summed E-state index contributed by atoms with van der Waals surface area (Å²) >= 11 is 1.47. The zero-order valence-corrected chi connectivity index (χ0v) is 12.2. The molecular weight excluding hydrogens is 302 g/mol. The van der Waals surface area contributed by atoms with Crippen LogP contribution in [0.3, 0.4) is 0 Å². The van der Waals surface area contributed by atoms with Crippen LogP contribution in [0.25, 0.3) is 11.6 Å². The van der Waals surface area contributed by atoms with Crippen LogP contribution in [0.2, 0.25) is 0 Å². The summed E-state index contributed by atoms with van der Waals surface area (Å²) in [4.78, 5) is 16.3. The van der Waals surface area contributed by atoms with Gasteiger partial charge < -0.3 is 4.42 Å². The van der Waals surface area contributed by atoms with Crippen molar-refractivity contribution < 1.29 is 9.21 Å². The fourth-order valence-electron chi connectivity index (χ4n) is 1.70. The van der Waals surface area contributed by atoms with E-state index in [1.807, 2.05) is 13.0 Å². The number of aromatic nitrogens is 3. The van der Waals surface area contributed by atoms with E-state index in [0.717, 1.165) is 5.01 Å². The quantitative estimate of drug-likeness (QED) is 0.797. The molecule has 7 nitrogen and oxygen atoms in total. The van der Waals surface area contributed by atoms with E-state index < -0.39 is 5.91 Å². The first kappa shape index (κ1) is 13.9. The first-order valence-electron chi connectivity index (χ1n) is 6.23. The Morgan fingerprint density at radius 3 is 2.73 bits per heavy atom. The summed E-state index contributed by atoms with van der Waals surface area (Å²) < 4.78 is 5.36. The number of thiazole rings is 1. The van der Waals surface area contributed by atoms with Crippen LogP contribution in [0.1, 0.15) is 20.9 Å². The third-order valence-corrected chi connectivity index (χ3v) is 3.53. The van der Waals surface area contributed by atoms with E-state index in [-0.39, 0.29) is 11.9 Å². The van der Waals surface area contributed by atoms with Crippen LogP contribution in [-0.4, -0.2) is 21.1 Å². The van der Waals surface area contributed by atoms with E-state index in [1.165, 1.54) is 11.3 Å². The summed E-state index contributed by atoms with van der Waals surface area (Å²) in [6, 6.07) is 8.21. The number of amides is 1. The lowest BCUT2D eigenvalue weighted by Gasteiger charge is -1.99. The lowest BCUT2D eigenvalue weighted by atomic mass is 10.1. The molecule has 0 radical (unpaired) electrons. The molecular formula is C14H9N5O2S. The van der Waals surface area contributed by atoms with Crippen LogP contribution in [0.15, 0.2) is 34.1 Å². The average Bonchev–Trinajstić information content (AvgIpc) is 3.16. The number of hydrogen-bond acceptors (Lipinski definition) is 7. The Bertz CT molecular complexity index is 860. The normalized spacial score (nSPS) is 10.2. The predicted molar refractivity (Wildman–Crippen MR) is 79.3 cm³/mol. The number of benzene rings is 1. The summed E-state index contributed by atoms with van der Waals surface area (Å²) in [6.07, 6.45) is 0. The molecule has 108 valence electrons. The van der Waals surface area contributed by atoms with Crippen molar-refractivity contribution in [3.8, 4) is 17.7 Å². The largest absolute Gasteiger partial charge is 0.401 e. The molecule has 0 aliphatic heterocycles. The molecule has 0 bridgehead atoms. The summed E-state index contributed by atoms with van der Waals surface area (Å²) in [5.74, 6) is -0.145. The fraction of sp³-hybridized carbons (Fsp3) is 0.0714. The van der Waals surface area contributed by atoms with E-state index in [0.29, 0.717) is 16.8 Å². The molecule has 2 heterocycles. The van der Waals surface area contributed by atoms with Gasteiger partial charge in [0.25, 0.3) is 11.8 Å². The van der Waals surface area contributed by atoms with E-state index in [1.54, 1.807) is 29.6 Å². The van der Waals surface area contributed by atoms with Crippen molar-refractivity contribution in [2.45, 2.75) is 6.92 Å². The number of nitrogens with one attached hydrogen (secondary N) is 1. The molecule has 0 aliphatic carbocycles. The lowest BCUT2D eigenvalue weighted by Crippen LogP contribution is -2.11. The Morgan fingerprint density at radius 1 is 1.32 bits per heavy atom. The van der Waals surface area contributed by atoms with Gasteiger partial charge in [-0.2, -0.15) is 5.26 Å². The number of nitriles is 1. The molecule has 1 aromatic carbocycles. The molecule has 0 saturated carbocycles. The maximum Gasteiger partial charge on any atom is 0.322 e. The number of carbonyl (C=O) groups excluding carboxylic acids is 1. The number of hydrogen-bond donors (Lipinski definition) is 1. The summed E-state index contributed by atoms with van der Waals surface area (Å²) in [5, 5.41) is 21.5. The molecule has 0 atom stereocenters. The van der Waals surface area contributed by atoms with Gasteiger partial charge in [-0.1, -0.05) is 5.10 Å². The van der Waals surface area contributed by atoms with Crippen LogP contribution in [0, 0.1) is 18.3 Å². The molecule has 0 aliphatic rings. The first-order chi connectivity index (χ1) is 10.7. The van der Waals surface area contributed by atoms with Gasteiger partial charge in [-0.3, -0.25) is 10.1 Å². The standard InChI is InChI=1S/C14H9N5O2S/c1-8-16-11(7-22-8)13-18-19-14(21-13)17-12(20)10-4-2-9(6-15)3-5-10/h2-5,7H,1H3,(H,17,19,20). The minimum absolute atomic E-state index is 0.00462. The van der Waals surface area contributed by atoms with Crippen LogP contribution in [0.4, 0.5) is 6.01 Å². The second-order valence-electron chi connectivity index (χ2n) is 4.31. The van der Waals surface area contributed by atoms with Crippen LogP contribution < -0.4 is 5.32 Å². The highest BCUT2D eigenvalue weighted by molar-refractivity contribution is 7.09. The van der Waals surface area contributed by atoms with Crippen molar-refractivity contribution in [3.63, 3.8) is 0 Å². The van der Waals surface area contributed by atoms with Crippen molar-refractivity contribution in [3.05, 3.63) is 45.8 Å². The van der Waals surface area contributed by atoms with Crippen LogP contribution in [-0.2, 0) is 0 Å². The molecule has 0 unspecified atom stereocenters. The maximum atomic E-state index is 12.0. The van der Waals surface area contributed by atoms with Gasteiger partial charge in [-0.15, -0.1) is 16.4 Å². The molecule has 2 aromatic heterocycles. The number of nitrogens with zero attached hydrogens (tertiary/aromatic N) is 4. The molecule has 3 rings (SSSR count). The van der Waals surface area contributed by atoms with Gasteiger partial charge >= 0.3 is 6.01 Å². The minimum Gasteiger partial charge on any atom is -0.401 e. The molecule has 0 spiro atoms. The summed E-state index contributed by atoms with van der Waals surface area (Å²) in [7, 11) is 0. The Hall–Kier alpha value is -3.05. The molecule has 0 saturated heterocycles. The second-order valence-corrected chi connectivity index (χ2v) is 5.37.